The van der Waals surface area contributed by atoms with Crippen LogP contribution >= 0.6 is 0 Å². The molecule has 2 heterocycles. The van der Waals surface area contributed by atoms with Crippen molar-refractivity contribution in [3.63, 3.8) is 0 Å². The summed E-state index contributed by atoms with van der Waals surface area (Å²) in [5.41, 5.74) is 6.49. The topological polar surface area (TPSA) is 76.2 Å². The second-order valence-electron chi connectivity index (χ2n) is 4.55. The monoisotopic (exact) mass is 251 g/mol. The van der Waals surface area contributed by atoms with Gasteiger partial charge in [0.25, 0.3) is 0 Å². The lowest BCUT2D eigenvalue weighted by molar-refractivity contribution is -0.123. The van der Waals surface area contributed by atoms with E-state index in [-0.39, 0.29) is 11.9 Å². The summed E-state index contributed by atoms with van der Waals surface area (Å²) in [5.74, 6) is -0.299. The molecule has 0 bridgehead atoms. The lowest BCUT2D eigenvalue weighted by atomic mass is 10.1. The highest BCUT2D eigenvalue weighted by Gasteiger charge is 2.28. The molecule has 1 aromatic heterocycles. The van der Waals surface area contributed by atoms with Crippen molar-refractivity contribution in [1.82, 2.24) is 19.8 Å². The number of hydrogen-bond acceptors (Lipinski definition) is 4. The fraction of sp³-hybridized carbons (Fsp3) is 0.667. The first-order valence-electron chi connectivity index (χ1n) is 6.48. The Morgan fingerprint density at radius 2 is 2.39 bits per heavy atom. The fourth-order valence-electron chi connectivity index (χ4n) is 2.46. The van der Waals surface area contributed by atoms with Crippen LogP contribution in [0.5, 0.6) is 0 Å². The summed E-state index contributed by atoms with van der Waals surface area (Å²) < 4.78 is 1.98. The van der Waals surface area contributed by atoms with Gasteiger partial charge in [-0.3, -0.25) is 9.69 Å². The van der Waals surface area contributed by atoms with E-state index in [1.54, 1.807) is 12.5 Å². The maximum Gasteiger partial charge on any atom is 0.240 e. The molecule has 0 aliphatic carbocycles. The third-order valence-electron chi connectivity index (χ3n) is 3.37. The number of nitrogens with one attached hydrogen (secondary N) is 1. The summed E-state index contributed by atoms with van der Waals surface area (Å²) in [7, 11) is 0. The molecule has 6 nitrogen and oxygen atoms in total. The number of nitrogens with zero attached hydrogens (tertiary/aromatic N) is 3. The van der Waals surface area contributed by atoms with Crippen LogP contribution in [0.1, 0.15) is 25.1 Å². The van der Waals surface area contributed by atoms with Crippen LogP contribution in [0.4, 0.5) is 0 Å². The largest absolute Gasteiger partial charge is 0.368 e. The number of nitrogens with two attached hydrogens (primary N) is 1. The zero-order valence-corrected chi connectivity index (χ0v) is 10.8. The average molecular weight is 251 g/mol. The molecule has 100 valence electrons. The van der Waals surface area contributed by atoms with Crippen LogP contribution in [0.25, 0.3) is 0 Å². The minimum atomic E-state index is -0.368. The first-order valence-corrected chi connectivity index (χ1v) is 6.48. The zero-order chi connectivity index (χ0) is 13.0. The molecule has 1 fully saturated rings. The van der Waals surface area contributed by atoms with E-state index in [1.165, 1.54) is 0 Å². The van der Waals surface area contributed by atoms with Crippen molar-refractivity contribution in [3.05, 3.63) is 18.2 Å². The molecule has 0 saturated carbocycles. The molecule has 18 heavy (non-hydrogen) atoms. The van der Waals surface area contributed by atoms with Gasteiger partial charge in [0.2, 0.25) is 5.91 Å². The fourth-order valence-corrected chi connectivity index (χ4v) is 2.46. The minimum Gasteiger partial charge on any atom is -0.368 e. The van der Waals surface area contributed by atoms with Crippen molar-refractivity contribution in [2.24, 2.45) is 5.73 Å². The van der Waals surface area contributed by atoms with Crippen LogP contribution in [-0.4, -0.2) is 46.5 Å². The van der Waals surface area contributed by atoms with Crippen molar-refractivity contribution in [1.29, 1.82) is 0 Å². The molecule has 1 amide bonds. The maximum atomic E-state index is 11.8. The first kappa shape index (κ1) is 13.0. The van der Waals surface area contributed by atoms with Crippen LogP contribution in [0.15, 0.2) is 12.5 Å². The molecule has 3 N–H and O–H groups in total. The highest BCUT2D eigenvalue weighted by Crippen LogP contribution is 2.21. The SMILES string of the molecule is CCn1cncc1C(C(N)=O)N1CCCNCC1. The number of primary amides is 1. The Hall–Kier alpha value is -1.40. The molecule has 0 aromatic carbocycles. The second-order valence-corrected chi connectivity index (χ2v) is 4.55. The smallest absolute Gasteiger partial charge is 0.240 e. The third-order valence-corrected chi connectivity index (χ3v) is 3.37. The quantitative estimate of drug-likeness (QED) is 0.772. The van der Waals surface area contributed by atoms with E-state index < -0.39 is 0 Å². The number of amides is 1. The van der Waals surface area contributed by atoms with E-state index in [2.05, 4.69) is 15.2 Å². The Morgan fingerprint density at radius 1 is 1.56 bits per heavy atom. The minimum absolute atomic E-state index is 0.299. The number of carbonyl (C=O) groups excluding carboxylic acids is 1. The molecule has 1 unspecified atom stereocenters. The van der Waals surface area contributed by atoms with Crippen LogP contribution in [0.3, 0.4) is 0 Å². The maximum absolute atomic E-state index is 11.8. The summed E-state index contributed by atoms with van der Waals surface area (Å²) in [6.07, 6.45) is 4.53. The molecule has 1 aliphatic heterocycles. The summed E-state index contributed by atoms with van der Waals surface area (Å²) in [6, 6.07) is -0.368. The van der Waals surface area contributed by atoms with Gasteiger partial charge in [0.05, 0.1) is 18.2 Å². The van der Waals surface area contributed by atoms with E-state index in [0.29, 0.717) is 0 Å². The Labute approximate surface area is 107 Å². The van der Waals surface area contributed by atoms with E-state index in [4.69, 9.17) is 5.73 Å². The van der Waals surface area contributed by atoms with Crippen LogP contribution in [0.2, 0.25) is 0 Å². The van der Waals surface area contributed by atoms with Gasteiger partial charge in [0, 0.05) is 26.2 Å². The molecule has 0 spiro atoms. The molecular weight excluding hydrogens is 230 g/mol. The molecule has 1 aliphatic rings. The molecule has 2 rings (SSSR count). The third kappa shape index (κ3) is 2.70. The summed E-state index contributed by atoms with van der Waals surface area (Å²) in [5, 5.41) is 3.33. The van der Waals surface area contributed by atoms with Gasteiger partial charge in [-0.15, -0.1) is 0 Å². The number of carbonyl (C=O) groups is 1. The van der Waals surface area contributed by atoms with Gasteiger partial charge in [-0.05, 0) is 19.9 Å². The summed E-state index contributed by atoms with van der Waals surface area (Å²) >= 11 is 0. The Bertz CT molecular complexity index is 395. The van der Waals surface area contributed by atoms with Crippen molar-refractivity contribution < 1.29 is 4.79 Å². The first-order chi connectivity index (χ1) is 8.74. The molecule has 1 atom stereocenters. The lowest BCUT2D eigenvalue weighted by Gasteiger charge is -2.28. The predicted octanol–water partition coefficient (Wildman–Crippen LogP) is -0.275. The normalized spacial score (nSPS) is 19.4. The Kier molecular flexibility index (Phi) is 4.33. The van der Waals surface area contributed by atoms with Crippen LogP contribution in [0, 0.1) is 0 Å². The summed E-state index contributed by atoms with van der Waals surface area (Å²) in [4.78, 5) is 18.1. The van der Waals surface area contributed by atoms with E-state index in [9.17, 15) is 4.79 Å². The molecule has 1 saturated heterocycles. The van der Waals surface area contributed by atoms with Gasteiger partial charge in [-0.2, -0.15) is 0 Å². The second kappa shape index (κ2) is 5.97. The lowest BCUT2D eigenvalue weighted by Crippen LogP contribution is -2.40. The predicted molar refractivity (Wildman–Crippen MR) is 68.9 cm³/mol. The van der Waals surface area contributed by atoms with E-state index >= 15 is 0 Å². The number of hydrogen-bond donors (Lipinski definition) is 2. The average Bonchev–Trinajstić information content (AvgIpc) is 2.64. The van der Waals surface area contributed by atoms with E-state index in [0.717, 1.165) is 44.8 Å². The van der Waals surface area contributed by atoms with Gasteiger partial charge in [-0.1, -0.05) is 0 Å². The number of rotatable bonds is 4. The number of aromatic nitrogens is 2. The zero-order valence-electron chi connectivity index (χ0n) is 10.8. The number of aryl methyl sites for hydroxylation is 1. The van der Waals surface area contributed by atoms with Crippen molar-refractivity contribution >= 4 is 5.91 Å². The van der Waals surface area contributed by atoms with Crippen molar-refractivity contribution in [2.75, 3.05) is 26.2 Å². The van der Waals surface area contributed by atoms with Crippen LogP contribution < -0.4 is 11.1 Å². The Balaban J connectivity index is 2.24. The Morgan fingerprint density at radius 3 is 3.11 bits per heavy atom. The van der Waals surface area contributed by atoms with Gasteiger partial charge >= 0.3 is 0 Å². The highest BCUT2D eigenvalue weighted by molar-refractivity contribution is 5.81. The molecule has 1 aromatic rings. The molecular formula is C12H21N5O. The van der Waals surface area contributed by atoms with Gasteiger partial charge in [-0.25, -0.2) is 4.98 Å². The van der Waals surface area contributed by atoms with E-state index in [1.807, 2.05) is 11.5 Å². The van der Waals surface area contributed by atoms with Crippen molar-refractivity contribution in [3.8, 4) is 0 Å². The molecule has 6 heteroatoms. The van der Waals surface area contributed by atoms with Gasteiger partial charge in [0.15, 0.2) is 0 Å². The number of imidazole rings is 1. The van der Waals surface area contributed by atoms with Crippen LogP contribution in [-0.2, 0) is 11.3 Å². The van der Waals surface area contributed by atoms with Gasteiger partial charge < -0.3 is 15.6 Å². The van der Waals surface area contributed by atoms with Crippen molar-refractivity contribution in [2.45, 2.75) is 25.9 Å². The highest BCUT2D eigenvalue weighted by atomic mass is 16.1. The molecule has 0 radical (unpaired) electrons. The standard InChI is InChI=1S/C12H21N5O/c1-2-16-9-15-8-10(16)11(12(13)18)17-6-3-4-14-5-7-17/h8-9,11,14H,2-7H2,1H3,(H2,13,18). The van der Waals surface area contributed by atoms with Gasteiger partial charge in [0.1, 0.15) is 6.04 Å². The summed E-state index contributed by atoms with van der Waals surface area (Å²) in [6.45, 7) is 6.44.